The number of carbonyl (C=O) groups excluding carboxylic acids is 2. The highest BCUT2D eigenvalue weighted by molar-refractivity contribution is 5.75. The standard InChI is InChI=1S/C17H28O5/c1-9(6-5-7-21-12(4)18)14-10(2)8-13-15(16(14)19)11(3)17(20)22-13/h9-11,13-16,19H,5-8H2,1-4H3/t9-,10?,11?,13+,14?,15+,16+/m0/s1. The van der Waals surface area contributed by atoms with Crippen LogP contribution in [0.4, 0.5) is 0 Å². The van der Waals surface area contributed by atoms with Crippen LogP contribution in [-0.4, -0.2) is 35.9 Å². The summed E-state index contributed by atoms with van der Waals surface area (Å²) in [6.45, 7) is 7.97. The van der Waals surface area contributed by atoms with Crippen LogP contribution in [0.1, 0.15) is 47.0 Å². The van der Waals surface area contributed by atoms with E-state index in [-0.39, 0.29) is 35.8 Å². The van der Waals surface area contributed by atoms with Gasteiger partial charge in [-0.3, -0.25) is 9.59 Å². The molecule has 2 rings (SSSR count). The van der Waals surface area contributed by atoms with Crippen LogP contribution < -0.4 is 0 Å². The fraction of sp³-hybridized carbons (Fsp3) is 0.882. The first-order chi connectivity index (χ1) is 10.3. The van der Waals surface area contributed by atoms with E-state index in [0.29, 0.717) is 18.4 Å². The van der Waals surface area contributed by atoms with Crippen LogP contribution in [0.2, 0.25) is 0 Å². The van der Waals surface area contributed by atoms with Gasteiger partial charge in [-0.15, -0.1) is 0 Å². The van der Waals surface area contributed by atoms with Gasteiger partial charge < -0.3 is 14.6 Å². The molecule has 0 amide bonds. The van der Waals surface area contributed by atoms with Crippen molar-refractivity contribution < 1.29 is 24.2 Å². The lowest BCUT2D eigenvalue weighted by atomic mass is 9.64. The molecular weight excluding hydrogens is 284 g/mol. The highest BCUT2D eigenvalue weighted by Crippen LogP contribution is 2.46. The van der Waals surface area contributed by atoms with Crippen molar-refractivity contribution in [2.24, 2.45) is 29.6 Å². The van der Waals surface area contributed by atoms with Gasteiger partial charge in [0, 0.05) is 12.8 Å². The average molecular weight is 312 g/mol. The molecule has 1 heterocycles. The Kier molecular flexibility index (Phi) is 5.48. The predicted molar refractivity (Wildman–Crippen MR) is 80.8 cm³/mol. The van der Waals surface area contributed by atoms with Gasteiger partial charge in [-0.1, -0.05) is 20.8 Å². The second kappa shape index (κ2) is 6.99. The van der Waals surface area contributed by atoms with Crippen LogP contribution in [0, 0.1) is 29.6 Å². The Labute approximate surface area is 132 Å². The lowest BCUT2D eigenvalue weighted by Crippen LogP contribution is -2.48. The second-order valence-corrected chi connectivity index (χ2v) is 7.08. The lowest BCUT2D eigenvalue weighted by molar-refractivity contribution is -0.146. The normalized spacial score (nSPS) is 39.0. The fourth-order valence-electron chi connectivity index (χ4n) is 4.36. The number of esters is 2. The molecule has 0 aromatic rings. The summed E-state index contributed by atoms with van der Waals surface area (Å²) in [5, 5.41) is 10.8. The number of aliphatic hydroxyl groups is 1. The first kappa shape index (κ1) is 17.3. The van der Waals surface area contributed by atoms with Gasteiger partial charge in [0.05, 0.1) is 18.6 Å². The maximum Gasteiger partial charge on any atom is 0.309 e. The SMILES string of the molecule is CC(=O)OCCC[C@H](C)C1C(C)C[C@H]2OC(=O)C(C)[C@H]2[C@@H]1O. The van der Waals surface area contributed by atoms with E-state index < -0.39 is 6.10 Å². The molecule has 2 aliphatic rings. The molecule has 2 fully saturated rings. The highest BCUT2D eigenvalue weighted by Gasteiger charge is 2.53. The zero-order valence-corrected chi connectivity index (χ0v) is 14.0. The van der Waals surface area contributed by atoms with Crippen molar-refractivity contribution in [3.05, 3.63) is 0 Å². The summed E-state index contributed by atoms with van der Waals surface area (Å²) in [5.41, 5.74) is 0. The van der Waals surface area contributed by atoms with Crippen LogP contribution in [-0.2, 0) is 19.1 Å². The molecule has 126 valence electrons. The van der Waals surface area contributed by atoms with Crippen LogP contribution >= 0.6 is 0 Å². The Bertz CT molecular complexity index is 421. The molecule has 5 nitrogen and oxygen atoms in total. The first-order valence-corrected chi connectivity index (χ1v) is 8.34. The molecule has 0 aromatic carbocycles. The molecule has 3 unspecified atom stereocenters. The highest BCUT2D eigenvalue weighted by atomic mass is 16.6. The van der Waals surface area contributed by atoms with E-state index in [1.165, 1.54) is 6.92 Å². The maximum absolute atomic E-state index is 11.8. The lowest BCUT2D eigenvalue weighted by Gasteiger charge is -2.43. The van der Waals surface area contributed by atoms with Crippen molar-refractivity contribution in [2.75, 3.05) is 6.61 Å². The number of hydrogen-bond donors (Lipinski definition) is 1. The van der Waals surface area contributed by atoms with Gasteiger partial charge in [0.15, 0.2) is 0 Å². The van der Waals surface area contributed by atoms with Gasteiger partial charge in [0.25, 0.3) is 0 Å². The fourth-order valence-corrected chi connectivity index (χ4v) is 4.36. The molecule has 0 spiro atoms. The van der Waals surface area contributed by atoms with Crippen molar-refractivity contribution >= 4 is 11.9 Å². The molecule has 0 aromatic heterocycles. The van der Waals surface area contributed by atoms with E-state index >= 15 is 0 Å². The molecule has 0 bridgehead atoms. The van der Waals surface area contributed by atoms with Crippen LogP contribution in [0.15, 0.2) is 0 Å². The van der Waals surface area contributed by atoms with Crippen molar-refractivity contribution in [3.8, 4) is 0 Å². The molecule has 1 saturated heterocycles. The minimum Gasteiger partial charge on any atom is -0.466 e. The average Bonchev–Trinajstić information content (AvgIpc) is 2.69. The van der Waals surface area contributed by atoms with Gasteiger partial charge in [-0.05, 0) is 37.0 Å². The number of rotatable bonds is 5. The van der Waals surface area contributed by atoms with E-state index in [1.54, 1.807) is 0 Å². The Hall–Kier alpha value is -1.10. The molecule has 22 heavy (non-hydrogen) atoms. The van der Waals surface area contributed by atoms with Crippen molar-refractivity contribution in [1.82, 2.24) is 0 Å². The zero-order valence-electron chi connectivity index (χ0n) is 14.0. The van der Waals surface area contributed by atoms with E-state index in [4.69, 9.17) is 9.47 Å². The summed E-state index contributed by atoms with van der Waals surface area (Å²) < 4.78 is 10.4. The van der Waals surface area contributed by atoms with Crippen molar-refractivity contribution in [1.29, 1.82) is 0 Å². The van der Waals surface area contributed by atoms with Crippen molar-refractivity contribution in [3.63, 3.8) is 0 Å². The number of fused-ring (bicyclic) bond motifs is 1. The minimum absolute atomic E-state index is 0.0791. The molecule has 1 aliphatic heterocycles. The Morgan fingerprint density at radius 2 is 2.14 bits per heavy atom. The summed E-state index contributed by atoms with van der Waals surface area (Å²) in [5.74, 6) is 0.0762. The quantitative estimate of drug-likeness (QED) is 0.622. The van der Waals surface area contributed by atoms with E-state index in [2.05, 4.69) is 13.8 Å². The van der Waals surface area contributed by atoms with Gasteiger partial charge in [0.1, 0.15) is 6.10 Å². The number of aliphatic hydroxyl groups excluding tert-OH is 1. The van der Waals surface area contributed by atoms with E-state index in [0.717, 1.165) is 19.3 Å². The summed E-state index contributed by atoms with van der Waals surface area (Å²) in [4.78, 5) is 22.5. The van der Waals surface area contributed by atoms with Gasteiger partial charge in [0.2, 0.25) is 0 Å². The summed E-state index contributed by atoms with van der Waals surface area (Å²) >= 11 is 0. The van der Waals surface area contributed by atoms with Crippen LogP contribution in [0.25, 0.3) is 0 Å². The smallest absolute Gasteiger partial charge is 0.309 e. The third-order valence-electron chi connectivity index (χ3n) is 5.46. The first-order valence-electron chi connectivity index (χ1n) is 8.34. The summed E-state index contributed by atoms with van der Waals surface area (Å²) in [7, 11) is 0. The van der Waals surface area contributed by atoms with Gasteiger partial charge in [-0.2, -0.15) is 0 Å². The Morgan fingerprint density at radius 3 is 2.77 bits per heavy atom. The monoisotopic (exact) mass is 312 g/mol. The third-order valence-corrected chi connectivity index (χ3v) is 5.46. The predicted octanol–water partition coefficient (Wildman–Crippen LogP) is 2.16. The topological polar surface area (TPSA) is 72.8 Å². The Balaban J connectivity index is 1.94. The molecule has 1 aliphatic carbocycles. The molecule has 5 heteroatoms. The summed E-state index contributed by atoms with van der Waals surface area (Å²) in [6.07, 6.45) is 1.91. The van der Waals surface area contributed by atoms with Crippen LogP contribution in [0.3, 0.4) is 0 Å². The van der Waals surface area contributed by atoms with Crippen molar-refractivity contribution in [2.45, 2.75) is 59.2 Å². The van der Waals surface area contributed by atoms with E-state index in [9.17, 15) is 14.7 Å². The zero-order chi connectivity index (χ0) is 16.4. The maximum atomic E-state index is 11.8. The largest absolute Gasteiger partial charge is 0.466 e. The summed E-state index contributed by atoms with van der Waals surface area (Å²) in [6, 6.07) is 0. The number of carbonyl (C=O) groups is 2. The molecule has 1 N–H and O–H groups in total. The van der Waals surface area contributed by atoms with E-state index in [1.807, 2.05) is 6.92 Å². The van der Waals surface area contributed by atoms with Crippen LogP contribution in [0.5, 0.6) is 0 Å². The third kappa shape index (κ3) is 3.45. The number of ether oxygens (including phenoxy) is 2. The molecule has 0 radical (unpaired) electrons. The molecule has 7 atom stereocenters. The molecule has 1 saturated carbocycles. The van der Waals surface area contributed by atoms with Gasteiger partial charge in [-0.25, -0.2) is 0 Å². The van der Waals surface area contributed by atoms with Gasteiger partial charge >= 0.3 is 11.9 Å². The minimum atomic E-state index is -0.501. The second-order valence-electron chi connectivity index (χ2n) is 7.08. The molecular formula is C17H28O5. The Morgan fingerprint density at radius 1 is 1.45 bits per heavy atom. The number of hydrogen-bond acceptors (Lipinski definition) is 5.